The molecule has 1 fully saturated rings. The molecule has 34 heavy (non-hydrogen) atoms. The Balaban J connectivity index is 1.84. The fourth-order valence-electron chi connectivity index (χ4n) is 4.64. The summed E-state index contributed by atoms with van der Waals surface area (Å²) in [5.41, 5.74) is -2.46. The summed E-state index contributed by atoms with van der Waals surface area (Å²) in [6.45, 7) is 3.68. The molecule has 2 aromatic rings. The number of rotatable bonds is 6. The Bertz CT molecular complexity index is 1140. The number of benzene rings is 1. The molecule has 0 saturated carbocycles. The van der Waals surface area contributed by atoms with E-state index < -0.39 is 47.9 Å². The van der Waals surface area contributed by atoms with E-state index >= 15 is 0 Å². The third-order valence-electron chi connectivity index (χ3n) is 6.19. The molecular formula is C23H25F3N4O3S. The average molecular weight is 495 g/mol. The van der Waals surface area contributed by atoms with Crippen molar-refractivity contribution in [2.24, 2.45) is 4.99 Å². The van der Waals surface area contributed by atoms with Gasteiger partial charge in [0, 0.05) is 36.3 Å². The quantitative estimate of drug-likeness (QED) is 0.570. The molecule has 3 N–H and O–H groups in total. The number of aromatic nitrogens is 1. The average Bonchev–Trinajstić information content (AvgIpc) is 3.35. The molecular weight excluding hydrogens is 469 g/mol. The zero-order valence-corrected chi connectivity index (χ0v) is 19.7. The van der Waals surface area contributed by atoms with E-state index in [1.807, 2.05) is 0 Å². The lowest BCUT2D eigenvalue weighted by atomic mass is 9.82. The number of aliphatic imine (C=N–C) groups is 1. The summed E-state index contributed by atoms with van der Waals surface area (Å²) in [7, 11) is 0. The number of nitrogens with zero attached hydrogens (tertiary/aromatic N) is 3. The molecule has 4 rings (SSSR count). The van der Waals surface area contributed by atoms with Crippen molar-refractivity contribution in [1.29, 1.82) is 0 Å². The monoisotopic (exact) mass is 494 g/mol. The molecule has 1 aromatic heterocycles. The fourth-order valence-corrected chi connectivity index (χ4v) is 5.22. The van der Waals surface area contributed by atoms with Crippen LogP contribution in [-0.4, -0.2) is 62.6 Å². The number of carboxylic acid groups (broad SMARTS) is 1. The number of nitrogens with one attached hydrogen (secondary N) is 1. The maximum Gasteiger partial charge on any atom is 0.336 e. The minimum atomic E-state index is -3.03. The highest BCUT2D eigenvalue weighted by Gasteiger charge is 2.51. The number of halogens is 3. The second kappa shape index (κ2) is 8.47. The molecule has 0 spiro atoms. The Labute approximate surface area is 198 Å². The van der Waals surface area contributed by atoms with Crippen molar-refractivity contribution in [1.82, 2.24) is 15.2 Å². The first-order valence-corrected chi connectivity index (χ1v) is 11.5. The first kappa shape index (κ1) is 24.4. The number of hydrogen-bond donors (Lipinski definition) is 3. The Morgan fingerprint density at radius 2 is 2.00 bits per heavy atom. The molecule has 2 aliphatic rings. The van der Waals surface area contributed by atoms with Crippen molar-refractivity contribution >= 4 is 23.1 Å². The molecule has 0 aliphatic carbocycles. The molecule has 7 nitrogen and oxygen atoms in total. The van der Waals surface area contributed by atoms with Gasteiger partial charge in [-0.25, -0.2) is 27.9 Å². The Morgan fingerprint density at radius 1 is 1.32 bits per heavy atom. The van der Waals surface area contributed by atoms with Crippen molar-refractivity contribution in [2.75, 3.05) is 13.1 Å². The van der Waals surface area contributed by atoms with Gasteiger partial charge in [0.1, 0.15) is 11.4 Å². The van der Waals surface area contributed by atoms with Gasteiger partial charge in [-0.3, -0.25) is 4.90 Å². The van der Waals surface area contributed by atoms with Crippen LogP contribution in [0.5, 0.6) is 0 Å². The van der Waals surface area contributed by atoms with Crippen molar-refractivity contribution in [3.63, 3.8) is 0 Å². The molecule has 11 heteroatoms. The predicted octanol–water partition coefficient (Wildman–Crippen LogP) is 3.37. The van der Waals surface area contributed by atoms with Crippen LogP contribution >= 0.6 is 11.3 Å². The van der Waals surface area contributed by atoms with Gasteiger partial charge in [-0.05, 0) is 38.5 Å². The van der Waals surface area contributed by atoms with Gasteiger partial charge in [0.2, 0.25) is 0 Å². The largest absolute Gasteiger partial charge is 0.478 e. The zero-order valence-electron chi connectivity index (χ0n) is 18.8. The minimum absolute atomic E-state index is 0.149. The SMILES string of the molecule is CC(C)(O)[C@@H]1CC(F)(F)CN1CC1=C(C(=O)O)[C@](C)(c2ccc(F)cc2)N=C(c2nccs2)N1. The first-order valence-electron chi connectivity index (χ1n) is 10.6. The molecule has 0 radical (unpaired) electrons. The summed E-state index contributed by atoms with van der Waals surface area (Å²) in [5, 5.41) is 26.0. The first-order chi connectivity index (χ1) is 15.8. The molecule has 3 heterocycles. The van der Waals surface area contributed by atoms with Gasteiger partial charge in [0.25, 0.3) is 5.92 Å². The van der Waals surface area contributed by atoms with Crippen LogP contribution < -0.4 is 5.32 Å². The normalized spacial score (nSPS) is 25.3. The summed E-state index contributed by atoms with van der Waals surface area (Å²) in [6.07, 6.45) is 1.02. The lowest BCUT2D eigenvalue weighted by Crippen LogP contribution is -2.49. The number of likely N-dealkylation sites (tertiary alicyclic amines) is 1. The van der Waals surface area contributed by atoms with Gasteiger partial charge in [0.15, 0.2) is 10.8 Å². The topological polar surface area (TPSA) is 98.0 Å². The third kappa shape index (κ3) is 4.59. The highest BCUT2D eigenvalue weighted by Crippen LogP contribution is 2.41. The Morgan fingerprint density at radius 3 is 2.56 bits per heavy atom. The number of alkyl halides is 2. The van der Waals surface area contributed by atoms with E-state index in [1.54, 1.807) is 18.5 Å². The molecule has 2 aliphatic heterocycles. The standard InChI is InChI=1S/C23H25F3N4O3S/c1-21(2,33)16-10-23(25,26)12-30(16)11-15-17(20(31)32)22(3,13-4-6-14(24)7-5-13)29-18(28-15)19-27-8-9-34-19/h4-9,16,33H,10-12H2,1-3H3,(H,28,29)(H,31,32)/t16-,22-/m0/s1. The van der Waals surface area contributed by atoms with Gasteiger partial charge in [0.05, 0.1) is 17.7 Å². The highest BCUT2D eigenvalue weighted by atomic mass is 32.1. The van der Waals surface area contributed by atoms with Crippen LogP contribution in [0.25, 0.3) is 0 Å². The number of carbonyl (C=O) groups is 1. The van der Waals surface area contributed by atoms with Crippen LogP contribution in [0.4, 0.5) is 13.2 Å². The lowest BCUT2D eigenvalue weighted by Gasteiger charge is -2.38. The van der Waals surface area contributed by atoms with Crippen LogP contribution in [-0.2, 0) is 10.3 Å². The molecule has 1 aromatic carbocycles. The van der Waals surface area contributed by atoms with Crippen molar-refractivity contribution < 1.29 is 28.2 Å². The summed E-state index contributed by atoms with van der Waals surface area (Å²) in [6, 6.07) is 4.44. The number of carboxylic acids is 1. The Hall–Kier alpha value is -2.76. The molecule has 0 unspecified atom stereocenters. The summed E-state index contributed by atoms with van der Waals surface area (Å²) >= 11 is 1.28. The number of aliphatic hydroxyl groups is 1. The van der Waals surface area contributed by atoms with Gasteiger partial charge in [-0.15, -0.1) is 11.3 Å². The number of aliphatic carboxylic acids is 1. The maximum atomic E-state index is 14.4. The zero-order chi connectivity index (χ0) is 24.9. The highest BCUT2D eigenvalue weighted by molar-refractivity contribution is 7.11. The second-order valence-electron chi connectivity index (χ2n) is 9.29. The molecule has 0 amide bonds. The van der Waals surface area contributed by atoms with Gasteiger partial charge in [-0.1, -0.05) is 12.1 Å². The van der Waals surface area contributed by atoms with Crippen LogP contribution in [0, 0.1) is 5.82 Å². The van der Waals surface area contributed by atoms with E-state index in [-0.39, 0.29) is 23.7 Å². The van der Waals surface area contributed by atoms with Crippen LogP contribution in [0.15, 0.2) is 52.1 Å². The van der Waals surface area contributed by atoms with Crippen molar-refractivity contribution in [2.45, 2.75) is 50.3 Å². The molecule has 182 valence electrons. The smallest absolute Gasteiger partial charge is 0.336 e. The Kier molecular flexibility index (Phi) is 6.07. The lowest BCUT2D eigenvalue weighted by molar-refractivity contribution is -0.133. The van der Waals surface area contributed by atoms with Gasteiger partial charge < -0.3 is 15.5 Å². The summed E-state index contributed by atoms with van der Waals surface area (Å²) in [4.78, 5) is 22.8. The van der Waals surface area contributed by atoms with E-state index in [4.69, 9.17) is 0 Å². The number of amidine groups is 1. The van der Waals surface area contributed by atoms with Crippen LogP contribution in [0.2, 0.25) is 0 Å². The van der Waals surface area contributed by atoms with Gasteiger partial charge >= 0.3 is 5.97 Å². The van der Waals surface area contributed by atoms with E-state index in [2.05, 4.69) is 15.3 Å². The van der Waals surface area contributed by atoms with Crippen LogP contribution in [0.1, 0.15) is 37.8 Å². The molecule has 0 bridgehead atoms. The maximum absolute atomic E-state index is 14.4. The summed E-state index contributed by atoms with van der Waals surface area (Å²) in [5.74, 6) is -4.52. The van der Waals surface area contributed by atoms with Gasteiger partial charge in [-0.2, -0.15) is 0 Å². The van der Waals surface area contributed by atoms with E-state index in [0.29, 0.717) is 10.6 Å². The molecule has 2 atom stereocenters. The predicted molar refractivity (Wildman–Crippen MR) is 121 cm³/mol. The summed E-state index contributed by atoms with van der Waals surface area (Å²) < 4.78 is 42.4. The van der Waals surface area contributed by atoms with Crippen LogP contribution in [0.3, 0.4) is 0 Å². The van der Waals surface area contributed by atoms with Crippen molar-refractivity contribution in [3.8, 4) is 0 Å². The number of thiazole rings is 1. The fraction of sp³-hybridized carbons (Fsp3) is 0.435. The third-order valence-corrected chi connectivity index (χ3v) is 6.97. The number of hydrogen-bond acceptors (Lipinski definition) is 7. The molecule has 1 saturated heterocycles. The minimum Gasteiger partial charge on any atom is -0.478 e. The second-order valence-corrected chi connectivity index (χ2v) is 10.2. The van der Waals surface area contributed by atoms with Crippen molar-refractivity contribution in [3.05, 3.63) is 63.5 Å². The van der Waals surface area contributed by atoms with E-state index in [9.17, 15) is 28.2 Å². The van der Waals surface area contributed by atoms with E-state index in [0.717, 1.165) is 0 Å². The van der Waals surface area contributed by atoms with E-state index in [1.165, 1.54) is 54.3 Å².